The summed E-state index contributed by atoms with van der Waals surface area (Å²) < 4.78 is 7.61. The summed E-state index contributed by atoms with van der Waals surface area (Å²) in [4.78, 5) is 8.15. The zero-order valence-corrected chi connectivity index (χ0v) is 11.5. The second-order valence-corrected chi connectivity index (χ2v) is 5.43. The molecule has 1 atom stereocenters. The highest BCUT2D eigenvalue weighted by Gasteiger charge is 2.26. The average molecular weight is 266 g/mol. The Kier molecular flexibility index (Phi) is 3.23. The summed E-state index contributed by atoms with van der Waals surface area (Å²) in [6.45, 7) is 2.81. The Labute approximate surface area is 110 Å². The van der Waals surface area contributed by atoms with Crippen molar-refractivity contribution < 1.29 is 4.74 Å². The van der Waals surface area contributed by atoms with Crippen LogP contribution in [0.25, 0.3) is 4.96 Å². The number of anilines is 1. The van der Waals surface area contributed by atoms with E-state index < -0.39 is 0 Å². The first kappa shape index (κ1) is 12.0. The van der Waals surface area contributed by atoms with E-state index in [0.717, 1.165) is 36.8 Å². The number of hydrogen-bond donors (Lipinski definition) is 1. The van der Waals surface area contributed by atoms with E-state index in [0.29, 0.717) is 6.10 Å². The van der Waals surface area contributed by atoms with Crippen molar-refractivity contribution in [1.29, 1.82) is 0 Å². The van der Waals surface area contributed by atoms with Gasteiger partial charge in [-0.05, 0) is 13.5 Å². The van der Waals surface area contributed by atoms with E-state index in [1.54, 1.807) is 18.4 Å². The first-order valence-electron chi connectivity index (χ1n) is 6.20. The van der Waals surface area contributed by atoms with Crippen LogP contribution in [0, 0.1) is 0 Å². The maximum atomic E-state index is 5.43. The normalized spacial score (nSPS) is 20.1. The predicted molar refractivity (Wildman–Crippen MR) is 73.5 cm³/mol. The lowest BCUT2D eigenvalue weighted by Gasteiger charge is -2.17. The highest BCUT2D eigenvalue weighted by atomic mass is 32.1. The molecule has 18 heavy (non-hydrogen) atoms. The van der Waals surface area contributed by atoms with Crippen LogP contribution in [0.5, 0.6) is 0 Å². The lowest BCUT2D eigenvalue weighted by atomic mass is 10.3. The smallest absolute Gasteiger partial charge is 0.195 e. The molecule has 3 rings (SSSR count). The van der Waals surface area contributed by atoms with Gasteiger partial charge in [0.15, 0.2) is 10.8 Å². The largest absolute Gasteiger partial charge is 0.380 e. The number of fused-ring (bicyclic) bond motifs is 1. The van der Waals surface area contributed by atoms with Gasteiger partial charge in [0, 0.05) is 38.3 Å². The second kappa shape index (κ2) is 4.87. The molecule has 2 aromatic rings. The highest BCUT2D eigenvalue weighted by Crippen LogP contribution is 2.27. The van der Waals surface area contributed by atoms with Crippen molar-refractivity contribution in [1.82, 2.24) is 14.7 Å². The fourth-order valence-electron chi connectivity index (χ4n) is 2.52. The van der Waals surface area contributed by atoms with Crippen molar-refractivity contribution in [2.75, 3.05) is 32.1 Å². The van der Waals surface area contributed by atoms with Gasteiger partial charge in [-0.2, -0.15) is 0 Å². The van der Waals surface area contributed by atoms with Gasteiger partial charge in [-0.1, -0.05) is 0 Å². The first-order valence-corrected chi connectivity index (χ1v) is 7.08. The molecule has 1 N–H and O–H groups in total. The van der Waals surface area contributed by atoms with Crippen molar-refractivity contribution >= 4 is 22.1 Å². The fourth-order valence-corrected chi connectivity index (χ4v) is 3.25. The molecular weight excluding hydrogens is 248 g/mol. The topological polar surface area (TPSA) is 41.8 Å². The lowest BCUT2D eigenvalue weighted by molar-refractivity contribution is 0.121. The van der Waals surface area contributed by atoms with E-state index in [1.807, 2.05) is 7.05 Å². The fraction of sp³-hybridized carbons (Fsp3) is 0.583. The van der Waals surface area contributed by atoms with Gasteiger partial charge < -0.3 is 15.0 Å². The third-order valence-corrected chi connectivity index (χ3v) is 4.22. The summed E-state index contributed by atoms with van der Waals surface area (Å²) in [7, 11) is 3.76. The van der Waals surface area contributed by atoms with Crippen LogP contribution < -0.4 is 10.2 Å². The van der Waals surface area contributed by atoms with Crippen molar-refractivity contribution in [3.63, 3.8) is 0 Å². The number of methoxy groups -OCH3 is 1. The van der Waals surface area contributed by atoms with Crippen LogP contribution >= 0.6 is 11.3 Å². The lowest BCUT2D eigenvalue weighted by Crippen LogP contribution is -2.24. The maximum absolute atomic E-state index is 5.43. The molecule has 0 aliphatic carbocycles. The molecule has 2 aromatic heterocycles. The number of ether oxygens (including phenoxy) is 1. The van der Waals surface area contributed by atoms with Crippen LogP contribution in [0.3, 0.4) is 0 Å². The molecule has 1 unspecified atom stereocenters. The molecule has 0 bridgehead atoms. The van der Waals surface area contributed by atoms with Crippen LogP contribution in [0.4, 0.5) is 5.82 Å². The number of thiazole rings is 1. The highest BCUT2D eigenvalue weighted by molar-refractivity contribution is 7.15. The van der Waals surface area contributed by atoms with E-state index >= 15 is 0 Å². The molecule has 1 saturated heterocycles. The van der Waals surface area contributed by atoms with Crippen LogP contribution in [0.15, 0.2) is 11.6 Å². The molecule has 3 heterocycles. The molecule has 5 nitrogen and oxygen atoms in total. The van der Waals surface area contributed by atoms with Crippen LogP contribution in [0.1, 0.15) is 12.1 Å². The first-order chi connectivity index (χ1) is 8.83. The summed E-state index contributed by atoms with van der Waals surface area (Å²) >= 11 is 1.68. The number of aromatic nitrogens is 2. The quantitative estimate of drug-likeness (QED) is 0.907. The van der Waals surface area contributed by atoms with E-state index in [9.17, 15) is 0 Å². The minimum absolute atomic E-state index is 0.340. The zero-order valence-electron chi connectivity index (χ0n) is 10.7. The Bertz CT molecular complexity index is 535. The minimum Gasteiger partial charge on any atom is -0.380 e. The van der Waals surface area contributed by atoms with Gasteiger partial charge >= 0.3 is 0 Å². The SMILES string of the molecule is CNCc1c(N2CCC(OC)C2)nc2sccn12. The van der Waals surface area contributed by atoms with Crippen LogP contribution in [0.2, 0.25) is 0 Å². The molecule has 0 amide bonds. The molecule has 1 fully saturated rings. The molecular formula is C12H18N4OS. The summed E-state index contributed by atoms with van der Waals surface area (Å²) in [6.07, 6.45) is 3.51. The minimum atomic E-state index is 0.340. The predicted octanol–water partition coefficient (Wildman–Crippen LogP) is 1.34. The van der Waals surface area contributed by atoms with Crippen molar-refractivity contribution in [2.24, 2.45) is 0 Å². The summed E-state index contributed by atoms with van der Waals surface area (Å²) in [5, 5.41) is 5.30. The molecule has 98 valence electrons. The molecule has 0 spiro atoms. The molecule has 0 radical (unpaired) electrons. The van der Waals surface area contributed by atoms with Gasteiger partial charge in [0.2, 0.25) is 0 Å². The monoisotopic (exact) mass is 266 g/mol. The van der Waals surface area contributed by atoms with Crippen molar-refractivity contribution in [2.45, 2.75) is 19.1 Å². The van der Waals surface area contributed by atoms with Gasteiger partial charge in [-0.3, -0.25) is 4.40 Å². The molecule has 0 aromatic carbocycles. The average Bonchev–Trinajstić information content (AvgIpc) is 3.04. The third kappa shape index (κ3) is 1.90. The zero-order chi connectivity index (χ0) is 12.5. The van der Waals surface area contributed by atoms with E-state index in [2.05, 4.69) is 26.2 Å². The summed E-state index contributed by atoms with van der Waals surface area (Å²) in [6, 6.07) is 0. The third-order valence-electron chi connectivity index (χ3n) is 3.46. The van der Waals surface area contributed by atoms with E-state index in [4.69, 9.17) is 9.72 Å². The maximum Gasteiger partial charge on any atom is 0.195 e. The molecule has 0 saturated carbocycles. The number of rotatable bonds is 4. The Morgan fingerprint density at radius 2 is 2.50 bits per heavy atom. The van der Waals surface area contributed by atoms with Gasteiger partial charge in [-0.15, -0.1) is 11.3 Å². The Hall–Kier alpha value is -1.11. The summed E-state index contributed by atoms with van der Waals surface area (Å²) in [5.41, 5.74) is 1.24. The number of nitrogens with one attached hydrogen (secondary N) is 1. The van der Waals surface area contributed by atoms with Crippen LogP contribution in [-0.4, -0.2) is 42.7 Å². The number of imidazole rings is 1. The number of hydrogen-bond acceptors (Lipinski definition) is 5. The standard InChI is InChI=1S/C12H18N4OS/c1-13-7-10-11(14-12-16(10)5-6-18-12)15-4-3-9(8-15)17-2/h5-6,9,13H,3-4,7-8H2,1-2H3. The molecule has 1 aliphatic heterocycles. The van der Waals surface area contributed by atoms with E-state index in [-0.39, 0.29) is 0 Å². The van der Waals surface area contributed by atoms with E-state index in [1.165, 1.54) is 5.69 Å². The summed E-state index contributed by atoms with van der Waals surface area (Å²) in [5.74, 6) is 1.11. The van der Waals surface area contributed by atoms with Gasteiger partial charge in [0.05, 0.1) is 11.8 Å². The van der Waals surface area contributed by atoms with Gasteiger partial charge in [-0.25, -0.2) is 4.98 Å². The number of nitrogens with zero attached hydrogens (tertiary/aromatic N) is 3. The Morgan fingerprint density at radius 1 is 1.61 bits per heavy atom. The van der Waals surface area contributed by atoms with Crippen molar-refractivity contribution in [3.8, 4) is 0 Å². The molecule has 6 heteroatoms. The Morgan fingerprint density at radius 3 is 3.22 bits per heavy atom. The van der Waals surface area contributed by atoms with Crippen LogP contribution in [-0.2, 0) is 11.3 Å². The van der Waals surface area contributed by atoms with Gasteiger partial charge in [0.25, 0.3) is 0 Å². The van der Waals surface area contributed by atoms with Gasteiger partial charge in [0.1, 0.15) is 0 Å². The Balaban J connectivity index is 1.95. The van der Waals surface area contributed by atoms with Crippen molar-refractivity contribution in [3.05, 3.63) is 17.3 Å². The molecule has 1 aliphatic rings. The second-order valence-electron chi connectivity index (χ2n) is 4.56.